The van der Waals surface area contributed by atoms with E-state index in [9.17, 15) is 28.1 Å². The average Bonchev–Trinajstić information content (AvgIpc) is 2.73. The van der Waals surface area contributed by atoms with Crippen molar-refractivity contribution in [2.75, 3.05) is 38.5 Å². The highest BCUT2D eigenvalue weighted by molar-refractivity contribution is 5.95. The molecular weight excluding hydrogens is 401 g/mol. The highest BCUT2D eigenvalue weighted by Crippen LogP contribution is 2.29. The van der Waals surface area contributed by atoms with Gasteiger partial charge in [0.25, 0.3) is 11.6 Å². The van der Waals surface area contributed by atoms with Gasteiger partial charge in [-0.3, -0.25) is 19.8 Å². The number of halogens is 3. The average molecular weight is 422 g/mol. The summed E-state index contributed by atoms with van der Waals surface area (Å²) in [6.07, 6.45) is -4.36. The number of anilines is 1. The lowest BCUT2D eigenvalue weighted by Crippen LogP contribution is -2.48. The number of hydrogen-bond donors (Lipinski definition) is 1. The Morgan fingerprint density at radius 3 is 2.27 bits per heavy atom. The van der Waals surface area contributed by atoms with Crippen LogP contribution in [0.15, 0.2) is 42.5 Å². The molecule has 7 nitrogen and oxygen atoms in total. The Morgan fingerprint density at radius 2 is 1.73 bits per heavy atom. The van der Waals surface area contributed by atoms with Gasteiger partial charge in [0, 0.05) is 51.4 Å². The molecule has 30 heavy (non-hydrogen) atoms. The van der Waals surface area contributed by atoms with Crippen LogP contribution in [0.5, 0.6) is 0 Å². The van der Waals surface area contributed by atoms with Gasteiger partial charge >= 0.3 is 6.18 Å². The molecule has 0 radical (unpaired) electrons. The monoisotopic (exact) mass is 422 g/mol. The van der Waals surface area contributed by atoms with Crippen molar-refractivity contribution >= 4 is 17.3 Å². The van der Waals surface area contributed by atoms with E-state index in [0.717, 1.165) is 17.7 Å². The maximum Gasteiger partial charge on any atom is 0.416 e. The van der Waals surface area contributed by atoms with Crippen LogP contribution in [0.1, 0.15) is 21.5 Å². The molecule has 2 aromatic carbocycles. The minimum Gasteiger partial charge on any atom is -0.383 e. The van der Waals surface area contributed by atoms with Crippen LogP contribution < -0.4 is 5.32 Å². The summed E-state index contributed by atoms with van der Waals surface area (Å²) in [6, 6.07) is 9.38. The zero-order chi connectivity index (χ0) is 21.9. The van der Waals surface area contributed by atoms with Crippen LogP contribution in [-0.4, -0.2) is 53.9 Å². The van der Waals surface area contributed by atoms with Crippen molar-refractivity contribution in [1.82, 2.24) is 9.80 Å². The summed E-state index contributed by atoms with van der Waals surface area (Å²) in [5.41, 5.74) is 0.500. The summed E-state index contributed by atoms with van der Waals surface area (Å²) >= 11 is 0. The van der Waals surface area contributed by atoms with E-state index < -0.39 is 16.7 Å². The summed E-state index contributed by atoms with van der Waals surface area (Å²) in [5, 5.41) is 13.9. The molecule has 1 saturated heterocycles. The fourth-order valence-corrected chi connectivity index (χ4v) is 3.38. The van der Waals surface area contributed by atoms with Crippen molar-refractivity contribution in [3.05, 3.63) is 69.3 Å². The van der Waals surface area contributed by atoms with E-state index in [1.54, 1.807) is 18.0 Å². The maximum absolute atomic E-state index is 12.7. The van der Waals surface area contributed by atoms with Gasteiger partial charge < -0.3 is 10.2 Å². The molecule has 1 aliphatic rings. The highest BCUT2D eigenvalue weighted by atomic mass is 19.4. The molecule has 0 spiro atoms. The van der Waals surface area contributed by atoms with Crippen LogP contribution in [0, 0.1) is 10.1 Å². The van der Waals surface area contributed by atoms with E-state index >= 15 is 0 Å². The van der Waals surface area contributed by atoms with E-state index in [2.05, 4.69) is 10.2 Å². The molecule has 1 aliphatic heterocycles. The molecule has 1 amide bonds. The summed E-state index contributed by atoms with van der Waals surface area (Å²) < 4.78 is 38.0. The van der Waals surface area contributed by atoms with Gasteiger partial charge in [-0.15, -0.1) is 0 Å². The van der Waals surface area contributed by atoms with Crippen molar-refractivity contribution in [1.29, 1.82) is 0 Å². The van der Waals surface area contributed by atoms with Crippen LogP contribution in [0.4, 0.5) is 24.5 Å². The Bertz CT molecular complexity index is 924. The SMILES string of the molecule is CNc1ccc(C(=O)N2CCN(Cc3ccc(C(F)(F)F)cc3)CC2)cc1[N+](=O)[O-]. The number of nitrogens with one attached hydrogen (secondary N) is 1. The molecule has 0 atom stereocenters. The number of amides is 1. The zero-order valence-electron chi connectivity index (χ0n) is 16.3. The smallest absolute Gasteiger partial charge is 0.383 e. The first-order valence-corrected chi connectivity index (χ1v) is 9.33. The molecule has 2 aromatic rings. The number of alkyl halides is 3. The Balaban J connectivity index is 1.59. The van der Waals surface area contributed by atoms with E-state index in [1.165, 1.54) is 24.3 Å². The van der Waals surface area contributed by atoms with Crippen molar-refractivity contribution < 1.29 is 22.9 Å². The van der Waals surface area contributed by atoms with Gasteiger partial charge in [-0.1, -0.05) is 12.1 Å². The number of carbonyl (C=O) groups excluding carboxylic acids is 1. The fraction of sp³-hybridized carbons (Fsp3) is 0.350. The molecule has 0 unspecified atom stereocenters. The lowest BCUT2D eigenvalue weighted by molar-refractivity contribution is -0.384. The summed E-state index contributed by atoms with van der Waals surface area (Å²) in [5.74, 6) is -0.282. The lowest BCUT2D eigenvalue weighted by atomic mass is 10.1. The second-order valence-corrected chi connectivity index (χ2v) is 7.00. The van der Waals surface area contributed by atoms with Gasteiger partial charge in [-0.05, 0) is 29.8 Å². The number of carbonyl (C=O) groups is 1. The molecule has 160 valence electrons. The zero-order valence-corrected chi connectivity index (χ0v) is 16.3. The molecule has 0 aromatic heterocycles. The molecule has 0 aliphatic carbocycles. The van der Waals surface area contributed by atoms with Gasteiger partial charge in [0.2, 0.25) is 0 Å². The predicted octanol–water partition coefficient (Wildman–Crippen LogP) is 3.61. The fourth-order valence-electron chi connectivity index (χ4n) is 3.38. The third kappa shape index (κ3) is 4.88. The molecule has 3 rings (SSSR count). The first kappa shape index (κ1) is 21.6. The molecule has 1 fully saturated rings. The number of rotatable bonds is 5. The second-order valence-electron chi connectivity index (χ2n) is 7.00. The molecule has 1 heterocycles. The van der Waals surface area contributed by atoms with Gasteiger partial charge in [0.1, 0.15) is 5.69 Å². The van der Waals surface area contributed by atoms with Gasteiger partial charge in [-0.25, -0.2) is 0 Å². The van der Waals surface area contributed by atoms with Crippen molar-refractivity contribution in [3.8, 4) is 0 Å². The number of hydrogen-bond acceptors (Lipinski definition) is 5. The quantitative estimate of drug-likeness (QED) is 0.588. The van der Waals surface area contributed by atoms with Crippen LogP contribution in [0.25, 0.3) is 0 Å². The first-order chi connectivity index (χ1) is 14.2. The van der Waals surface area contributed by atoms with Gasteiger partial charge in [0.05, 0.1) is 10.5 Å². The number of nitro groups is 1. The maximum atomic E-state index is 12.7. The Hall–Kier alpha value is -3.14. The standard InChI is InChI=1S/C20H21F3N4O3/c1-24-17-7-4-15(12-18(17)27(29)30)19(28)26-10-8-25(9-11-26)13-14-2-5-16(6-3-14)20(21,22)23/h2-7,12,24H,8-11,13H2,1H3. The van der Waals surface area contributed by atoms with Gasteiger partial charge in [-0.2, -0.15) is 13.2 Å². The first-order valence-electron chi connectivity index (χ1n) is 9.33. The lowest BCUT2D eigenvalue weighted by Gasteiger charge is -2.34. The second kappa shape index (κ2) is 8.70. The van der Waals surface area contributed by atoms with E-state index in [0.29, 0.717) is 38.4 Å². The predicted molar refractivity (Wildman–Crippen MR) is 105 cm³/mol. The van der Waals surface area contributed by atoms with Gasteiger partial charge in [0.15, 0.2) is 0 Å². The van der Waals surface area contributed by atoms with Crippen molar-refractivity contribution in [2.24, 2.45) is 0 Å². The van der Waals surface area contributed by atoms with Crippen LogP contribution >= 0.6 is 0 Å². The van der Waals surface area contributed by atoms with E-state index in [-0.39, 0.29) is 17.2 Å². The van der Waals surface area contributed by atoms with E-state index in [1.807, 2.05) is 0 Å². The van der Waals surface area contributed by atoms with E-state index in [4.69, 9.17) is 0 Å². The minimum absolute atomic E-state index is 0.163. The minimum atomic E-state index is -4.36. The Morgan fingerprint density at radius 1 is 1.10 bits per heavy atom. The normalized spacial score (nSPS) is 15.1. The highest BCUT2D eigenvalue weighted by Gasteiger charge is 2.30. The van der Waals surface area contributed by atoms with Crippen molar-refractivity contribution in [2.45, 2.75) is 12.7 Å². The van der Waals surface area contributed by atoms with Crippen LogP contribution in [-0.2, 0) is 12.7 Å². The Kier molecular flexibility index (Phi) is 6.25. The Labute approximate surface area is 171 Å². The molecule has 10 heteroatoms. The summed E-state index contributed by atoms with van der Waals surface area (Å²) in [7, 11) is 1.57. The van der Waals surface area contributed by atoms with Crippen molar-refractivity contribution in [3.63, 3.8) is 0 Å². The molecular formula is C20H21F3N4O3. The van der Waals surface area contributed by atoms with Crippen LogP contribution in [0.3, 0.4) is 0 Å². The number of nitrogens with zero attached hydrogens (tertiary/aromatic N) is 3. The molecule has 0 bridgehead atoms. The summed E-state index contributed by atoms with van der Waals surface area (Å²) in [6.45, 7) is 2.47. The largest absolute Gasteiger partial charge is 0.416 e. The third-order valence-corrected chi connectivity index (χ3v) is 5.06. The molecule has 0 saturated carbocycles. The molecule has 1 N–H and O–H groups in total. The van der Waals surface area contributed by atoms with Crippen LogP contribution in [0.2, 0.25) is 0 Å². The number of benzene rings is 2. The third-order valence-electron chi connectivity index (χ3n) is 5.06. The number of piperazine rings is 1. The number of nitro benzene ring substituents is 1. The topological polar surface area (TPSA) is 78.7 Å². The summed E-state index contributed by atoms with van der Waals surface area (Å²) in [4.78, 5) is 27.1.